The average Bonchev–Trinajstić information content (AvgIpc) is 2.76. The van der Waals surface area contributed by atoms with Crippen LogP contribution in [0.2, 0.25) is 0 Å². The van der Waals surface area contributed by atoms with Crippen molar-refractivity contribution < 1.29 is 19.0 Å². The summed E-state index contributed by atoms with van der Waals surface area (Å²) >= 11 is 0. The molecule has 82 valence electrons. The number of hydrogen-bond acceptors (Lipinski definition) is 4. The van der Waals surface area contributed by atoms with Gasteiger partial charge in [0.15, 0.2) is 11.5 Å². The zero-order chi connectivity index (χ0) is 11.1. The topological polar surface area (TPSA) is 44.8 Å². The van der Waals surface area contributed by atoms with Crippen LogP contribution in [0.25, 0.3) is 6.08 Å². The summed E-state index contributed by atoms with van der Waals surface area (Å²) in [7, 11) is 0. The van der Waals surface area contributed by atoms with Gasteiger partial charge in [-0.3, -0.25) is 4.79 Å². The predicted molar refractivity (Wildman–Crippen MR) is 56.0 cm³/mol. The third-order valence-electron chi connectivity index (χ3n) is 2.59. The van der Waals surface area contributed by atoms with Gasteiger partial charge in [-0.2, -0.15) is 0 Å². The minimum absolute atomic E-state index is 0.277. The number of benzene rings is 1. The highest BCUT2D eigenvalue weighted by Crippen LogP contribution is 2.38. The molecule has 0 bridgehead atoms. The molecule has 0 unspecified atom stereocenters. The first kappa shape index (κ1) is 9.27. The summed E-state index contributed by atoms with van der Waals surface area (Å²) in [6, 6.07) is 3.85. The quantitative estimate of drug-likeness (QED) is 0.675. The Hall–Kier alpha value is -1.97. The standard InChI is InChI=1S/C12H10O4/c1-7(13)16-10-2-8-4-11-12(15-6-14-11)5-9(8)3-10/h2,4-5H,3,6H2,1H3. The van der Waals surface area contributed by atoms with Crippen molar-refractivity contribution in [3.63, 3.8) is 0 Å². The van der Waals surface area contributed by atoms with E-state index < -0.39 is 0 Å². The summed E-state index contributed by atoms with van der Waals surface area (Å²) in [6.07, 6.45) is 2.49. The smallest absolute Gasteiger partial charge is 0.307 e. The maximum absolute atomic E-state index is 10.8. The van der Waals surface area contributed by atoms with E-state index in [4.69, 9.17) is 14.2 Å². The Morgan fingerprint density at radius 1 is 1.31 bits per heavy atom. The van der Waals surface area contributed by atoms with E-state index in [2.05, 4.69) is 0 Å². The summed E-state index contributed by atoms with van der Waals surface area (Å²) in [5.41, 5.74) is 2.13. The number of carbonyl (C=O) groups is 1. The molecule has 0 amide bonds. The van der Waals surface area contributed by atoms with Gasteiger partial charge in [0.25, 0.3) is 0 Å². The molecule has 16 heavy (non-hydrogen) atoms. The molecule has 3 rings (SSSR count). The summed E-state index contributed by atoms with van der Waals surface area (Å²) in [4.78, 5) is 10.8. The number of rotatable bonds is 1. The highest BCUT2D eigenvalue weighted by atomic mass is 16.7. The van der Waals surface area contributed by atoms with Crippen LogP contribution in [0.3, 0.4) is 0 Å². The second-order valence-electron chi connectivity index (χ2n) is 3.79. The lowest BCUT2D eigenvalue weighted by molar-refractivity contribution is -0.136. The normalized spacial score (nSPS) is 15.7. The molecule has 1 aromatic carbocycles. The molecular formula is C12H10O4. The second-order valence-corrected chi connectivity index (χ2v) is 3.79. The van der Waals surface area contributed by atoms with Gasteiger partial charge in [0.05, 0.1) is 0 Å². The third-order valence-corrected chi connectivity index (χ3v) is 2.59. The van der Waals surface area contributed by atoms with E-state index in [0.29, 0.717) is 12.2 Å². The zero-order valence-electron chi connectivity index (χ0n) is 8.78. The fourth-order valence-corrected chi connectivity index (χ4v) is 1.95. The van der Waals surface area contributed by atoms with Crippen molar-refractivity contribution in [2.24, 2.45) is 0 Å². The summed E-state index contributed by atoms with van der Waals surface area (Å²) in [6.45, 7) is 1.68. The van der Waals surface area contributed by atoms with Crippen LogP contribution in [0.1, 0.15) is 18.1 Å². The number of allylic oxidation sites excluding steroid dienone is 1. The maximum Gasteiger partial charge on any atom is 0.307 e. The monoisotopic (exact) mass is 218 g/mol. The van der Waals surface area contributed by atoms with Crippen molar-refractivity contribution in [3.8, 4) is 11.5 Å². The second kappa shape index (κ2) is 3.27. The lowest BCUT2D eigenvalue weighted by atomic mass is 10.1. The van der Waals surface area contributed by atoms with E-state index in [1.165, 1.54) is 6.92 Å². The van der Waals surface area contributed by atoms with Gasteiger partial charge in [0, 0.05) is 13.3 Å². The molecule has 0 fully saturated rings. The van der Waals surface area contributed by atoms with E-state index in [-0.39, 0.29) is 12.8 Å². The summed E-state index contributed by atoms with van der Waals surface area (Å²) < 4.78 is 15.6. The molecule has 1 aliphatic carbocycles. The zero-order valence-corrected chi connectivity index (χ0v) is 8.78. The molecule has 4 nitrogen and oxygen atoms in total. The van der Waals surface area contributed by atoms with Crippen LogP contribution < -0.4 is 9.47 Å². The first-order chi connectivity index (χ1) is 7.72. The summed E-state index contributed by atoms with van der Waals surface area (Å²) in [5.74, 6) is 1.89. The minimum Gasteiger partial charge on any atom is -0.454 e. The molecule has 0 N–H and O–H groups in total. The van der Waals surface area contributed by atoms with E-state index in [0.717, 1.165) is 22.6 Å². The van der Waals surface area contributed by atoms with Crippen LogP contribution in [-0.2, 0) is 16.0 Å². The van der Waals surface area contributed by atoms with Crippen LogP contribution in [0.5, 0.6) is 11.5 Å². The Bertz CT molecular complexity index is 502. The maximum atomic E-state index is 10.8. The molecule has 0 saturated heterocycles. The highest BCUT2D eigenvalue weighted by Gasteiger charge is 2.21. The molecule has 0 radical (unpaired) electrons. The van der Waals surface area contributed by atoms with Gasteiger partial charge in [-0.15, -0.1) is 0 Å². The lowest BCUT2D eigenvalue weighted by Crippen LogP contribution is -1.98. The average molecular weight is 218 g/mol. The number of hydrogen-bond donors (Lipinski definition) is 0. The van der Waals surface area contributed by atoms with Crippen LogP contribution in [0, 0.1) is 0 Å². The molecule has 0 saturated carbocycles. The largest absolute Gasteiger partial charge is 0.454 e. The van der Waals surface area contributed by atoms with E-state index in [1.807, 2.05) is 18.2 Å². The van der Waals surface area contributed by atoms with Crippen LogP contribution in [-0.4, -0.2) is 12.8 Å². The number of fused-ring (bicyclic) bond motifs is 2. The molecular weight excluding hydrogens is 208 g/mol. The van der Waals surface area contributed by atoms with Crippen molar-refractivity contribution >= 4 is 12.0 Å². The highest BCUT2D eigenvalue weighted by molar-refractivity contribution is 5.72. The van der Waals surface area contributed by atoms with Crippen LogP contribution in [0.4, 0.5) is 0 Å². The van der Waals surface area contributed by atoms with Gasteiger partial charge in [-0.05, 0) is 29.3 Å². The van der Waals surface area contributed by atoms with Crippen molar-refractivity contribution in [2.75, 3.05) is 6.79 Å². The first-order valence-electron chi connectivity index (χ1n) is 5.04. The van der Waals surface area contributed by atoms with Crippen molar-refractivity contribution in [3.05, 3.63) is 29.0 Å². The van der Waals surface area contributed by atoms with Crippen LogP contribution >= 0.6 is 0 Å². The lowest BCUT2D eigenvalue weighted by Gasteiger charge is -2.01. The predicted octanol–water partition coefficient (Wildman–Crippen LogP) is 1.88. The Balaban J connectivity index is 1.93. The van der Waals surface area contributed by atoms with Gasteiger partial charge >= 0.3 is 5.97 Å². The van der Waals surface area contributed by atoms with Crippen molar-refractivity contribution in [1.82, 2.24) is 0 Å². The molecule has 0 atom stereocenters. The Kier molecular flexibility index (Phi) is 1.89. The Morgan fingerprint density at radius 3 is 2.81 bits per heavy atom. The van der Waals surface area contributed by atoms with E-state index in [9.17, 15) is 4.79 Å². The van der Waals surface area contributed by atoms with Crippen LogP contribution in [0.15, 0.2) is 17.9 Å². The van der Waals surface area contributed by atoms with E-state index in [1.54, 1.807) is 0 Å². The number of carbonyl (C=O) groups excluding carboxylic acids is 1. The molecule has 0 spiro atoms. The van der Waals surface area contributed by atoms with Crippen molar-refractivity contribution in [1.29, 1.82) is 0 Å². The molecule has 4 heteroatoms. The van der Waals surface area contributed by atoms with E-state index >= 15 is 0 Å². The Labute approximate surface area is 92.4 Å². The molecule has 2 aliphatic rings. The third kappa shape index (κ3) is 1.43. The SMILES string of the molecule is CC(=O)OC1=Cc2cc3c(cc2C1)OCO3. The summed E-state index contributed by atoms with van der Waals surface area (Å²) in [5, 5.41) is 0. The molecule has 0 aromatic heterocycles. The van der Waals surface area contributed by atoms with Gasteiger partial charge in [0.1, 0.15) is 5.76 Å². The van der Waals surface area contributed by atoms with Gasteiger partial charge in [0.2, 0.25) is 6.79 Å². The minimum atomic E-state index is -0.293. The molecule has 1 aromatic rings. The molecule has 1 heterocycles. The van der Waals surface area contributed by atoms with Gasteiger partial charge < -0.3 is 14.2 Å². The number of ether oxygens (including phenoxy) is 3. The van der Waals surface area contributed by atoms with Crippen molar-refractivity contribution in [2.45, 2.75) is 13.3 Å². The number of esters is 1. The molecule has 1 aliphatic heterocycles. The fraction of sp³-hybridized carbons (Fsp3) is 0.250. The Morgan fingerprint density at radius 2 is 2.06 bits per heavy atom. The fourth-order valence-electron chi connectivity index (χ4n) is 1.95. The first-order valence-corrected chi connectivity index (χ1v) is 5.04. The van der Waals surface area contributed by atoms with Gasteiger partial charge in [-0.25, -0.2) is 0 Å². The van der Waals surface area contributed by atoms with Gasteiger partial charge in [-0.1, -0.05) is 0 Å².